The summed E-state index contributed by atoms with van der Waals surface area (Å²) in [5.74, 6) is -0.0248. The van der Waals surface area contributed by atoms with Crippen LogP contribution in [0.5, 0.6) is 0 Å². The van der Waals surface area contributed by atoms with Crippen molar-refractivity contribution in [3.63, 3.8) is 0 Å². The predicted molar refractivity (Wildman–Crippen MR) is 83.1 cm³/mol. The topological polar surface area (TPSA) is 75.6 Å². The number of piperidine rings is 1. The third-order valence-corrected chi connectivity index (χ3v) is 5.67. The van der Waals surface area contributed by atoms with Crippen molar-refractivity contribution in [3.8, 4) is 0 Å². The molecule has 1 aromatic heterocycles. The van der Waals surface area contributed by atoms with Gasteiger partial charge in [0.05, 0.1) is 31.9 Å². The molecule has 0 saturated carbocycles. The monoisotopic (exact) mass is 344 g/mol. The van der Waals surface area contributed by atoms with E-state index in [0.29, 0.717) is 45.3 Å². The average molecular weight is 344 g/mol. The molecule has 3 heterocycles. The molecule has 128 valence electrons. The van der Waals surface area contributed by atoms with Gasteiger partial charge in [-0.05, 0) is 12.8 Å². The Labute approximate surface area is 135 Å². The normalized spacial score (nSPS) is 27.1. The van der Waals surface area contributed by atoms with Gasteiger partial charge in [-0.1, -0.05) is 0 Å². The number of halogens is 1. The number of ether oxygens (including phenoxy) is 1. The highest BCUT2D eigenvalue weighted by atomic mass is 32.2. The third kappa shape index (κ3) is 3.78. The van der Waals surface area contributed by atoms with E-state index >= 15 is 0 Å². The Bertz CT molecular complexity index is 654. The highest BCUT2D eigenvalue weighted by Gasteiger charge is 2.41. The zero-order chi connectivity index (χ0) is 16.5. The molecule has 23 heavy (non-hydrogen) atoms. The number of rotatable bonds is 2. The zero-order valence-corrected chi connectivity index (χ0v) is 13.9. The number of anilines is 1. The highest BCUT2D eigenvalue weighted by Crippen LogP contribution is 2.34. The molecule has 2 fully saturated rings. The van der Waals surface area contributed by atoms with Crippen molar-refractivity contribution < 1.29 is 17.5 Å². The molecule has 2 aliphatic heterocycles. The minimum Gasteiger partial charge on any atom is -0.379 e. The van der Waals surface area contributed by atoms with Gasteiger partial charge >= 0.3 is 0 Å². The van der Waals surface area contributed by atoms with Crippen LogP contribution in [-0.2, 0) is 14.8 Å². The fourth-order valence-corrected chi connectivity index (χ4v) is 4.29. The van der Waals surface area contributed by atoms with Gasteiger partial charge in [-0.3, -0.25) is 0 Å². The van der Waals surface area contributed by atoms with E-state index in [9.17, 15) is 12.8 Å². The van der Waals surface area contributed by atoms with Crippen molar-refractivity contribution in [2.75, 3.05) is 50.5 Å². The van der Waals surface area contributed by atoms with E-state index in [1.54, 1.807) is 0 Å². The summed E-state index contributed by atoms with van der Waals surface area (Å²) in [5.41, 5.74) is -0.282. The number of aromatic nitrogens is 2. The molecule has 0 aromatic carbocycles. The van der Waals surface area contributed by atoms with E-state index in [2.05, 4.69) is 9.97 Å². The fraction of sp³-hybridized carbons (Fsp3) is 0.714. The maximum atomic E-state index is 13.0. The van der Waals surface area contributed by atoms with Crippen molar-refractivity contribution in [2.45, 2.75) is 12.8 Å². The molecule has 7 nitrogen and oxygen atoms in total. The van der Waals surface area contributed by atoms with Gasteiger partial charge in [0, 0.05) is 31.6 Å². The molecule has 2 saturated heterocycles. The predicted octanol–water partition coefficient (Wildman–Crippen LogP) is 0.494. The lowest BCUT2D eigenvalue weighted by atomic mass is 9.81. The number of hydrogen-bond donors (Lipinski definition) is 0. The summed E-state index contributed by atoms with van der Waals surface area (Å²) in [6.45, 7) is 3.21. The second-order valence-electron chi connectivity index (χ2n) is 6.38. The number of hydrogen-bond acceptors (Lipinski definition) is 6. The molecule has 1 aromatic rings. The Morgan fingerprint density at radius 3 is 2.70 bits per heavy atom. The number of sulfonamides is 1. The first-order valence-corrected chi connectivity index (χ1v) is 9.48. The van der Waals surface area contributed by atoms with E-state index in [1.807, 2.05) is 4.90 Å². The Hall–Kier alpha value is -1.32. The fourth-order valence-electron chi connectivity index (χ4n) is 3.33. The van der Waals surface area contributed by atoms with Gasteiger partial charge in [0.1, 0.15) is 0 Å². The van der Waals surface area contributed by atoms with E-state index < -0.39 is 15.8 Å². The van der Waals surface area contributed by atoms with Gasteiger partial charge < -0.3 is 9.64 Å². The van der Waals surface area contributed by atoms with Gasteiger partial charge in [-0.25, -0.2) is 27.1 Å². The molecule has 1 unspecified atom stereocenters. The molecule has 2 aliphatic rings. The van der Waals surface area contributed by atoms with E-state index in [-0.39, 0.29) is 5.41 Å². The molecular formula is C14H21FN4O3S. The van der Waals surface area contributed by atoms with Gasteiger partial charge in [0.25, 0.3) is 0 Å². The molecule has 0 radical (unpaired) electrons. The van der Waals surface area contributed by atoms with Crippen molar-refractivity contribution in [3.05, 3.63) is 18.2 Å². The highest BCUT2D eigenvalue weighted by molar-refractivity contribution is 7.88. The minimum absolute atomic E-state index is 0.282. The van der Waals surface area contributed by atoms with Crippen LogP contribution >= 0.6 is 0 Å². The van der Waals surface area contributed by atoms with Crippen LogP contribution < -0.4 is 4.90 Å². The first-order valence-electron chi connectivity index (χ1n) is 7.63. The maximum Gasteiger partial charge on any atom is 0.225 e. The molecule has 3 rings (SSSR count). The smallest absolute Gasteiger partial charge is 0.225 e. The van der Waals surface area contributed by atoms with Crippen LogP contribution in [0.25, 0.3) is 0 Å². The summed E-state index contributed by atoms with van der Waals surface area (Å²) in [5, 5.41) is 0. The second kappa shape index (κ2) is 6.29. The van der Waals surface area contributed by atoms with E-state index in [4.69, 9.17) is 4.74 Å². The van der Waals surface area contributed by atoms with Crippen LogP contribution in [0.15, 0.2) is 12.4 Å². The molecule has 9 heteroatoms. The molecule has 0 N–H and O–H groups in total. The lowest BCUT2D eigenvalue weighted by Crippen LogP contribution is -2.52. The van der Waals surface area contributed by atoms with Crippen LogP contribution in [0, 0.1) is 11.2 Å². The van der Waals surface area contributed by atoms with Gasteiger partial charge in [-0.15, -0.1) is 0 Å². The van der Waals surface area contributed by atoms with Gasteiger partial charge in [0.15, 0.2) is 5.82 Å². The summed E-state index contributed by atoms with van der Waals surface area (Å²) in [6.07, 6.45) is 5.21. The van der Waals surface area contributed by atoms with Crippen molar-refractivity contribution >= 4 is 16.0 Å². The van der Waals surface area contributed by atoms with Crippen LogP contribution in [0.1, 0.15) is 12.8 Å². The van der Waals surface area contributed by atoms with Gasteiger partial charge in [0.2, 0.25) is 16.0 Å². The summed E-state index contributed by atoms with van der Waals surface area (Å²) in [6, 6.07) is 0. The Morgan fingerprint density at radius 2 is 2.00 bits per heavy atom. The molecule has 1 atom stereocenters. The lowest BCUT2D eigenvalue weighted by Gasteiger charge is -2.42. The largest absolute Gasteiger partial charge is 0.379 e. The van der Waals surface area contributed by atoms with Crippen molar-refractivity contribution in [1.29, 1.82) is 0 Å². The Morgan fingerprint density at radius 1 is 1.26 bits per heavy atom. The Balaban J connectivity index is 1.82. The molecular weight excluding hydrogens is 323 g/mol. The maximum absolute atomic E-state index is 13.0. The summed E-state index contributed by atoms with van der Waals surface area (Å²) in [7, 11) is -3.22. The second-order valence-corrected chi connectivity index (χ2v) is 8.36. The van der Waals surface area contributed by atoms with Crippen molar-refractivity contribution in [1.82, 2.24) is 14.3 Å². The van der Waals surface area contributed by atoms with E-state index in [0.717, 1.165) is 25.2 Å². The van der Waals surface area contributed by atoms with Crippen LogP contribution in [0.4, 0.5) is 10.3 Å². The van der Waals surface area contributed by atoms with E-state index in [1.165, 1.54) is 10.6 Å². The van der Waals surface area contributed by atoms with Crippen LogP contribution in [0.2, 0.25) is 0 Å². The minimum atomic E-state index is -3.22. The SMILES string of the molecule is CS(=O)(=O)N1CCCC2(COCCN(c3ncc(F)cn3)C2)C1. The zero-order valence-electron chi connectivity index (χ0n) is 13.1. The first kappa shape index (κ1) is 16.5. The molecule has 1 spiro atoms. The van der Waals surface area contributed by atoms with Gasteiger partial charge in [-0.2, -0.15) is 0 Å². The summed E-state index contributed by atoms with van der Waals surface area (Å²) in [4.78, 5) is 10.0. The average Bonchev–Trinajstić information content (AvgIpc) is 2.70. The van der Waals surface area contributed by atoms with Crippen molar-refractivity contribution in [2.24, 2.45) is 5.41 Å². The third-order valence-electron chi connectivity index (χ3n) is 4.43. The molecule has 0 bridgehead atoms. The summed E-state index contributed by atoms with van der Waals surface area (Å²) < 4.78 is 44.1. The Kier molecular flexibility index (Phi) is 4.52. The molecule has 0 amide bonds. The summed E-state index contributed by atoms with van der Waals surface area (Å²) >= 11 is 0. The van der Waals surface area contributed by atoms with Crippen LogP contribution in [0.3, 0.4) is 0 Å². The molecule has 0 aliphatic carbocycles. The lowest BCUT2D eigenvalue weighted by molar-refractivity contribution is 0.0351. The standard InChI is InChI=1S/C14H21FN4O3S/c1-23(20,21)19-4-2-3-14(10-19)9-18(5-6-22-11-14)13-16-7-12(15)8-17-13/h7-8H,2-6,9-11H2,1H3. The first-order chi connectivity index (χ1) is 10.9. The van der Waals surface area contributed by atoms with Crippen LogP contribution in [-0.4, -0.2) is 68.3 Å². The number of nitrogens with zero attached hydrogens (tertiary/aromatic N) is 4. The quantitative estimate of drug-likeness (QED) is 0.777.